The number of aliphatic hydroxyl groups is 1. The van der Waals surface area contributed by atoms with Gasteiger partial charge in [-0.25, -0.2) is 32.2 Å². The van der Waals surface area contributed by atoms with E-state index in [0.717, 1.165) is 11.5 Å². The molecule has 0 amide bonds. The van der Waals surface area contributed by atoms with E-state index in [9.17, 15) is 61.8 Å². The van der Waals surface area contributed by atoms with Gasteiger partial charge >= 0.3 is 52.6 Å². The van der Waals surface area contributed by atoms with Crippen LogP contribution >= 0.6 is 46.9 Å². The van der Waals surface area contributed by atoms with Crippen LogP contribution in [0.5, 0.6) is 0 Å². The first kappa shape index (κ1) is 37.6. The number of hydrogen-bond acceptors (Lipinski definition) is 18. The molecule has 9 N–H and O–H groups in total. The Kier molecular flexibility index (Phi) is 12.4. The number of aromatic nitrogens is 2. The third kappa shape index (κ3) is 12.5. The zero-order valence-corrected chi connectivity index (χ0v) is 25.8. The Morgan fingerprint density at radius 1 is 0.857 bits per heavy atom. The molecule has 244 valence electrons. The lowest BCUT2D eigenvalue weighted by atomic mass is 10.2. The molecule has 2 rings (SSSR count). The molecule has 0 aromatic carbocycles. The largest absolute Gasteiger partial charge is 0.490 e. The summed E-state index contributed by atoms with van der Waals surface area (Å²) in [5.41, 5.74) is 4.50. The van der Waals surface area contributed by atoms with Crippen LogP contribution in [0.15, 0.2) is 17.1 Å². The van der Waals surface area contributed by atoms with E-state index in [1.165, 1.54) is 12.3 Å². The molecule has 42 heavy (non-hydrogen) atoms. The maximum absolute atomic E-state index is 12.1. The summed E-state index contributed by atoms with van der Waals surface area (Å²) in [7, 11) is -36.2. The molecule has 9 atom stereocenters. The fourth-order valence-corrected chi connectivity index (χ4v) is 10.6. The highest BCUT2D eigenvalue weighted by atomic mass is 31.3. The van der Waals surface area contributed by atoms with Gasteiger partial charge < -0.3 is 44.9 Å². The van der Waals surface area contributed by atoms with Crippen molar-refractivity contribution in [1.82, 2.24) is 9.55 Å². The first-order chi connectivity index (χ1) is 18.9. The number of rotatable bonds is 16. The lowest BCUT2D eigenvalue weighted by molar-refractivity contribution is -0.0449. The number of ether oxygens (including phenoxy) is 1. The second-order valence-electron chi connectivity index (χ2n) is 7.41. The maximum atomic E-state index is 12.1. The molecule has 0 spiro atoms. The van der Waals surface area contributed by atoms with Crippen LogP contribution in [-0.2, 0) is 62.7 Å². The van der Waals surface area contributed by atoms with Crippen molar-refractivity contribution >= 4 is 52.8 Å². The molecular formula is C11H23N3O22P6. The van der Waals surface area contributed by atoms with Crippen LogP contribution in [0.1, 0.15) is 19.6 Å². The predicted octanol–water partition coefficient (Wildman–Crippen LogP) is 0.212. The summed E-state index contributed by atoms with van der Waals surface area (Å²) in [5, 5.41) is 10.1. The minimum absolute atomic E-state index is 0.117. The van der Waals surface area contributed by atoms with E-state index in [1.54, 1.807) is 0 Å². The van der Waals surface area contributed by atoms with Crippen LogP contribution in [-0.4, -0.2) is 69.4 Å². The molecule has 1 fully saturated rings. The van der Waals surface area contributed by atoms with Crippen molar-refractivity contribution in [3.63, 3.8) is 0 Å². The van der Waals surface area contributed by atoms with Crippen molar-refractivity contribution < 1.29 is 97.2 Å². The van der Waals surface area contributed by atoms with Gasteiger partial charge in [-0.3, -0.25) is 13.6 Å². The summed E-state index contributed by atoms with van der Waals surface area (Å²) in [6.07, 6.45) is -3.15. The standard InChI is InChI=1S/C11H23N3O22P6/c1-2-29-37(17,18)32-39(21,22)34-41(25,26)36-42(27,28)35-40(23,24)33-38(19,20)30-6-8-7(15)5-10(31-8)14-4-3-9(12)13-11(14)16/h3-4,7-8,10,15H,2,5-6H2,1H3,(H,17,18)(H,19,20)(H,21,22)(H,23,24)(H,25,26)(H,27,28)(H2,12,13,16)/t7?,8-,10-/m1/s1. The highest BCUT2D eigenvalue weighted by Gasteiger charge is 2.49. The molecular weight excluding hydrogens is 712 g/mol. The van der Waals surface area contributed by atoms with Gasteiger partial charge in [0.25, 0.3) is 0 Å². The van der Waals surface area contributed by atoms with E-state index < -0.39 is 84.3 Å². The minimum atomic E-state index is -6.40. The van der Waals surface area contributed by atoms with E-state index in [1.807, 2.05) is 0 Å². The normalized spacial score (nSPS) is 28.0. The summed E-state index contributed by atoms with van der Waals surface area (Å²) < 4.78 is 103. The first-order valence-corrected chi connectivity index (χ1v) is 19.3. The third-order valence-corrected chi connectivity index (χ3v) is 13.4. The van der Waals surface area contributed by atoms with Gasteiger partial charge in [-0.15, -0.1) is 0 Å². The molecule has 25 nitrogen and oxygen atoms in total. The fraction of sp³-hybridized carbons (Fsp3) is 0.636. The van der Waals surface area contributed by atoms with Crippen LogP contribution < -0.4 is 11.4 Å². The highest BCUT2D eigenvalue weighted by molar-refractivity contribution is 7.72. The molecule has 1 aromatic rings. The molecule has 1 aromatic heterocycles. The van der Waals surface area contributed by atoms with Crippen LogP contribution in [0.4, 0.5) is 5.82 Å². The van der Waals surface area contributed by atoms with Gasteiger partial charge in [-0.1, -0.05) is 0 Å². The van der Waals surface area contributed by atoms with Crippen molar-refractivity contribution in [3.05, 3.63) is 22.7 Å². The molecule has 0 aliphatic carbocycles. The number of aliphatic hydroxyl groups excluding tert-OH is 1. The lowest BCUT2D eigenvalue weighted by Gasteiger charge is -2.21. The number of nitrogens with zero attached hydrogens (tertiary/aromatic N) is 2. The summed E-state index contributed by atoms with van der Waals surface area (Å²) in [4.78, 5) is 71.8. The SMILES string of the molecule is CCOP(=O)(O)OP(=O)(O)OP(=O)(O)OP(=O)(O)OP(=O)(O)OP(=O)(O)OC[C@H]1O[C@@H](n2ccc(N)nc2=O)CC1O. The van der Waals surface area contributed by atoms with Gasteiger partial charge in [0, 0.05) is 12.6 Å². The van der Waals surface area contributed by atoms with Gasteiger partial charge in [-0.05, 0) is 13.0 Å². The number of phosphoric acid groups is 6. The Bertz CT molecular complexity index is 1480. The summed E-state index contributed by atoms with van der Waals surface area (Å²) in [6.45, 7) is -0.494. The predicted molar refractivity (Wildman–Crippen MR) is 129 cm³/mol. The quantitative estimate of drug-likeness (QED) is 0.105. The molecule has 31 heteroatoms. The Balaban J connectivity index is 1.99. The van der Waals surface area contributed by atoms with Gasteiger partial charge in [0.15, 0.2) is 0 Å². The first-order valence-electron chi connectivity index (χ1n) is 10.4. The number of nitrogen functional groups attached to an aromatic ring is 1. The molecule has 1 saturated heterocycles. The van der Waals surface area contributed by atoms with Gasteiger partial charge in [0.05, 0.1) is 19.3 Å². The van der Waals surface area contributed by atoms with Gasteiger partial charge in [-0.2, -0.15) is 26.5 Å². The second-order valence-corrected chi connectivity index (χ2v) is 16.8. The number of anilines is 1. The van der Waals surface area contributed by atoms with Gasteiger partial charge in [0.1, 0.15) is 18.1 Å². The van der Waals surface area contributed by atoms with E-state index in [0.29, 0.717) is 0 Å². The van der Waals surface area contributed by atoms with Crippen LogP contribution in [0, 0.1) is 0 Å². The number of nitrogens with two attached hydrogens (primary N) is 1. The second kappa shape index (κ2) is 13.8. The zero-order chi connectivity index (χ0) is 32.4. The molecule has 0 bridgehead atoms. The molecule has 0 saturated carbocycles. The van der Waals surface area contributed by atoms with Crippen molar-refractivity contribution in [1.29, 1.82) is 0 Å². The lowest BCUT2D eigenvalue weighted by Crippen LogP contribution is -2.28. The van der Waals surface area contributed by atoms with Gasteiger partial charge in [0.2, 0.25) is 0 Å². The molecule has 0 radical (unpaired) electrons. The molecule has 1 aliphatic rings. The topological polar surface area (TPSA) is 379 Å². The molecule has 2 heterocycles. The van der Waals surface area contributed by atoms with Crippen LogP contribution in [0.25, 0.3) is 0 Å². The zero-order valence-electron chi connectivity index (χ0n) is 20.4. The third-order valence-electron chi connectivity index (χ3n) is 4.09. The summed E-state index contributed by atoms with van der Waals surface area (Å²) in [6, 6.07) is 1.23. The van der Waals surface area contributed by atoms with E-state index in [2.05, 4.69) is 35.6 Å². The fourth-order valence-electron chi connectivity index (χ4n) is 2.77. The van der Waals surface area contributed by atoms with E-state index in [4.69, 9.17) is 15.4 Å². The smallest absolute Gasteiger partial charge is 0.390 e. The summed E-state index contributed by atoms with van der Waals surface area (Å²) >= 11 is 0. The number of phosphoric ester groups is 2. The maximum Gasteiger partial charge on any atom is 0.490 e. The van der Waals surface area contributed by atoms with E-state index >= 15 is 0 Å². The van der Waals surface area contributed by atoms with Crippen LogP contribution in [0.3, 0.4) is 0 Å². The molecule has 7 unspecified atom stereocenters. The summed E-state index contributed by atoms with van der Waals surface area (Å²) in [5.74, 6) is -0.117. The Morgan fingerprint density at radius 2 is 1.29 bits per heavy atom. The molecule has 1 aliphatic heterocycles. The Labute approximate surface area is 233 Å². The monoisotopic (exact) mass is 735 g/mol. The van der Waals surface area contributed by atoms with E-state index in [-0.39, 0.29) is 12.2 Å². The number of hydrogen-bond donors (Lipinski definition) is 8. The van der Waals surface area contributed by atoms with Crippen molar-refractivity contribution in [3.8, 4) is 0 Å². The Hall–Kier alpha value is -0.540. The minimum Gasteiger partial charge on any atom is -0.390 e. The Morgan fingerprint density at radius 3 is 1.71 bits per heavy atom. The van der Waals surface area contributed by atoms with Crippen molar-refractivity contribution in [2.75, 3.05) is 18.9 Å². The van der Waals surface area contributed by atoms with Crippen molar-refractivity contribution in [2.45, 2.75) is 31.8 Å². The average molecular weight is 735 g/mol. The highest BCUT2D eigenvalue weighted by Crippen LogP contribution is 2.75. The van der Waals surface area contributed by atoms with Crippen LogP contribution in [0.2, 0.25) is 0 Å². The average Bonchev–Trinajstić information content (AvgIpc) is 3.07. The van der Waals surface area contributed by atoms with Crippen molar-refractivity contribution in [2.24, 2.45) is 0 Å².